The predicted octanol–water partition coefficient (Wildman–Crippen LogP) is 5.55. The Morgan fingerprint density at radius 2 is 1.62 bits per heavy atom. The smallest absolute Gasteiger partial charge is 0.395 e. The summed E-state index contributed by atoms with van der Waals surface area (Å²) in [5.74, 6) is 0.320. The van der Waals surface area contributed by atoms with Crippen molar-refractivity contribution in [2.24, 2.45) is 0 Å². The van der Waals surface area contributed by atoms with Crippen LogP contribution in [0.3, 0.4) is 0 Å². The number of carbonyl (C=O) groups excluding carboxylic acids is 1. The summed E-state index contributed by atoms with van der Waals surface area (Å²) in [4.78, 5) is 13.4. The molecule has 3 nitrogen and oxygen atoms in total. The van der Waals surface area contributed by atoms with E-state index in [1.54, 1.807) is 6.07 Å². The van der Waals surface area contributed by atoms with Crippen molar-refractivity contribution in [1.29, 1.82) is 0 Å². The van der Waals surface area contributed by atoms with Crippen molar-refractivity contribution in [3.8, 4) is 5.75 Å². The van der Waals surface area contributed by atoms with E-state index in [9.17, 15) is 9.36 Å². The quantitative estimate of drug-likeness (QED) is 0.510. The number of rotatable bonds is 6. The molecule has 0 saturated carbocycles. The first-order valence-corrected chi connectivity index (χ1v) is 8.94. The van der Waals surface area contributed by atoms with Gasteiger partial charge in [0.2, 0.25) is 0 Å². The van der Waals surface area contributed by atoms with E-state index in [4.69, 9.17) is 4.52 Å². The number of carbonyl (C=O) groups is 1. The molecule has 0 unspecified atom stereocenters. The summed E-state index contributed by atoms with van der Waals surface area (Å²) in [5.41, 5.74) is 6.38. The largest absolute Gasteiger partial charge is 0.407 e. The molecule has 0 saturated heterocycles. The maximum Gasteiger partial charge on any atom is 0.395 e. The maximum absolute atomic E-state index is 13.4. The summed E-state index contributed by atoms with van der Waals surface area (Å²) in [6, 6.07) is 7.73. The molecule has 4 heteroatoms. The number of hydrogen-bond acceptors (Lipinski definition) is 3. The number of benzene rings is 2. The summed E-state index contributed by atoms with van der Waals surface area (Å²) in [7, 11) is -0.455. The molecule has 126 valence electrons. The Morgan fingerprint density at radius 1 is 1.00 bits per heavy atom. The third-order valence-corrected chi connectivity index (χ3v) is 4.64. The van der Waals surface area contributed by atoms with Gasteiger partial charge in [0.05, 0.1) is 5.56 Å². The van der Waals surface area contributed by atoms with Gasteiger partial charge >= 0.3 is 8.69 Å². The second-order valence-corrected chi connectivity index (χ2v) is 6.38. The van der Waals surface area contributed by atoms with E-state index in [0.717, 1.165) is 40.7 Å². The Bertz CT molecular complexity index is 771. The van der Waals surface area contributed by atoms with Gasteiger partial charge in [-0.25, -0.2) is 4.57 Å². The van der Waals surface area contributed by atoms with Crippen LogP contribution in [0.2, 0.25) is 0 Å². The molecular weight excluding hydrogens is 319 g/mol. The lowest BCUT2D eigenvalue weighted by atomic mass is 9.87. The van der Waals surface area contributed by atoms with Crippen LogP contribution in [0.4, 0.5) is 0 Å². The van der Waals surface area contributed by atoms with Gasteiger partial charge in [0.15, 0.2) is 5.78 Å². The maximum atomic E-state index is 13.4. The van der Waals surface area contributed by atoms with Gasteiger partial charge < -0.3 is 4.52 Å². The van der Waals surface area contributed by atoms with E-state index in [2.05, 4.69) is 6.92 Å². The van der Waals surface area contributed by atoms with Crippen LogP contribution >= 0.6 is 8.69 Å². The van der Waals surface area contributed by atoms with Gasteiger partial charge in [-0.15, -0.1) is 0 Å². The molecule has 0 bridgehead atoms. The topological polar surface area (TPSA) is 43.4 Å². The van der Waals surface area contributed by atoms with Crippen LogP contribution in [-0.2, 0) is 17.4 Å². The first kappa shape index (κ1) is 18.4. The van der Waals surface area contributed by atoms with Crippen LogP contribution in [0.25, 0.3) is 0 Å². The summed E-state index contributed by atoms with van der Waals surface area (Å²) in [5, 5.41) is 0. The van der Waals surface area contributed by atoms with Crippen LogP contribution in [-0.4, -0.2) is 5.78 Å². The van der Waals surface area contributed by atoms with Crippen LogP contribution in [0.1, 0.15) is 57.6 Å². The lowest BCUT2D eigenvalue weighted by Gasteiger charge is -2.17. The first-order chi connectivity index (χ1) is 11.4. The van der Waals surface area contributed by atoms with Crippen molar-refractivity contribution in [1.82, 2.24) is 0 Å². The zero-order chi connectivity index (χ0) is 17.9. The van der Waals surface area contributed by atoms with Crippen LogP contribution in [0.5, 0.6) is 5.75 Å². The number of hydrogen-bond donors (Lipinski definition) is 0. The molecule has 0 aliphatic heterocycles. The molecule has 2 aromatic carbocycles. The molecule has 2 rings (SSSR count). The van der Waals surface area contributed by atoms with Crippen LogP contribution < -0.4 is 4.52 Å². The monoisotopic (exact) mass is 342 g/mol. The Kier molecular flexibility index (Phi) is 5.90. The minimum atomic E-state index is -0.455. The molecular formula is C20H23O3P. The second-order valence-electron chi connectivity index (χ2n) is 6.05. The molecule has 0 spiro atoms. The summed E-state index contributed by atoms with van der Waals surface area (Å²) < 4.78 is 16.2. The minimum Gasteiger partial charge on any atom is -0.407 e. The predicted molar refractivity (Wildman–Crippen MR) is 97.5 cm³/mol. The molecule has 0 aliphatic rings. The van der Waals surface area contributed by atoms with Gasteiger partial charge in [0.1, 0.15) is 5.75 Å². The molecule has 0 aromatic heterocycles. The van der Waals surface area contributed by atoms with Crippen molar-refractivity contribution in [3.05, 3.63) is 63.2 Å². The highest BCUT2D eigenvalue weighted by atomic mass is 31.1. The summed E-state index contributed by atoms with van der Waals surface area (Å²) in [6.45, 7) is 10.0. The third kappa shape index (κ3) is 3.42. The van der Waals surface area contributed by atoms with Crippen molar-refractivity contribution >= 4 is 14.5 Å². The molecule has 0 N–H and O–H groups in total. The highest BCUT2D eigenvalue weighted by Gasteiger charge is 2.23. The first-order valence-electron chi connectivity index (χ1n) is 8.21. The molecule has 2 aromatic rings. The highest BCUT2D eigenvalue weighted by molar-refractivity contribution is 7.17. The molecule has 0 aliphatic carbocycles. The second kappa shape index (κ2) is 7.72. The Labute approximate surface area is 145 Å². The van der Waals surface area contributed by atoms with Gasteiger partial charge in [-0.1, -0.05) is 37.6 Å². The van der Waals surface area contributed by atoms with Gasteiger partial charge in [0, 0.05) is 5.56 Å². The fourth-order valence-electron chi connectivity index (χ4n) is 3.43. The van der Waals surface area contributed by atoms with E-state index in [1.807, 2.05) is 45.9 Å². The van der Waals surface area contributed by atoms with E-state index in [1.165, 1.54) is 0 Å². The lowest BCUT2D eigenvalue weighted by molar-refractivity contribution is 0.103. The van der Waals surface area contributed by atoms with E-state index >= 15 is 0 Å². The Morgan fingerprint density at radius 3 is 2.12 bits per heavy atom. The van der Waals surface area contributed by atoms with Gasteiger partial charge in [-0.05, 0) is 61.9 Å². The third-order valence-electron chi connectivity index (χ3n) is 4.37. The molecule has 0 fully saturated rings. The number of ketones is 1. The molecule has 0 atom stereocenters. The van der Waals surface area contributed by atoms with Crippen LogP contribution in [0, 0.1) is 20.8 Å². The van der Waals surface area contributed by atoms with Gasteiger partial charge in [-0.2, -0.15) is 0 Å². The van der Waals surface area contributed by atoms with Crippen LogP contribution in [0.15, 0.2) is 24.3 Å². The zero-order valence-electron chi connectivity index (χ0n) is 14.9. The fraction of sp³-hybridized carbons (Fsp3) is 0.350. The average Bonchev–Trinajstić information content (AvgIpc) is 2.53. The Balaban J connectivity index is 2.74. The Hall–Kier alpha value is -1.99. The van der Waals surface area contributed by atoms with Crippen molar-refractivity contribution in [3.63, 3.8) is 0 Å². The summed E-state index contributed by atoms with van der Waals surface area (Å²) in [6.07, 6.45) is 1.56. The van der Waals surface area contributed by atoms with E-state index in [0.29, 0.717) is 16.9 Å². The molecule has 24 heavy (non-hydrogen) atoms. The van der Waals surface area contributed by atoms with Crippen molar-refractivity contribution in [2.75, 3.05) is 0 Å². The minimum absolute atomic E-state index is 0.0594. The molecule has 0 amide bonds. The zero-order valence-corrected chi connectivity index (χ0v) is 15.8. The molecule has 0 heterocycles. The standard InChI is InChI=1S/C20H23O3P/c1-6-15-8-9-17(23-24-22)19(16(15)7-2)20(21)18-13(4)10-12(3)11-14(18)5/h8-11H,6-7H2,1-5H3. The number of aryl methyl sites for hydroxylation is 4. The molecule has 0 radical (unpaired) electrons. The van der Waals surface area contributed by atoms with Crippen molar-refractivity contribution < 1.29 is 13.9 Å². The van der Waals surface area contributed by atoms with Gasteiger partial charge in [-0.3, -0.25) is 4.79 Å². The fourth-order valence-corrected chi connectivity index (χ4v) is 3.67. The van der Waals surface area contributed by atoms with E-state index < -0.39 is 8.69 Å². The summed E-state index contributed by atoms with van der Waals surface area (Å²) >= 11 is 0. The SMILES string of the molecule is CCc1ccc(OP=O)c(C(=O)c2c(C)cc(C)cc2C)c1CC. The normalized spacial score (nSPS) is 10.9. The van der Waals surface area contributed by atoms with Gasteiger partial charge in [0.25, 0.3) is 0 Å². The van der Waals surface area contributed by atoms with Crippen molar-refractivity contribution in [2.45, 2.75) is 47.5 Å². The van der Waals surface area contributed by atoms with E-state index in [-0.39, 0.29) is 5.78 Å². The highest BCUT2D eigenvalue weighted by Crippen LogP contribution is 2.32. The average molecular weight is 342 g/mol. The lowest BCUT2D eigenvalue weighted by Crippen LogP contribution is -2.12.